The molecule has 2 aromatic heterocycles. The molecule has 0 unspecified atom stereocenters. The Kier molecular flexibility index (Phi) is 6.76. The molecule has 2 N–H and O–H groups in total. The van der Waals surface area contributed by atoms with E-state index in [1.165, 1.54) is 12.1 Å². The number of hydrogen-bond acceptors (Lipinski definition) is 5. The summed E-state index contributed by atoms with van der Waals surface area (Å²) < 4.78 is 27.2. The second-order valence-corrected chi connectivity index (χ2v) is 11.0. The normalized spacial score (nSPS) is 11.8. The van der Waals surface area contributed by atoms with E-state index in [1.807, 2.05) is 49.4 Å². The Labute approximate surface area is 225 Å². The van der Waals surface area contributed by atoms with E-state index in [2.05, 4.69) is 15.0 Å². The molecule has 0 saturated heterocycles. The lowest BCUT2D eigenvalue weighted by molar-refractivity contribution is -0.111. The summed E-state index contributed by atoms with van der Waals surface area (Å²) in [5.74, 6) is -0.250. The summed E-state index contributed by atoms with van der Waals surface area (Å²) in [6.07, 6.45) is 5.95. The maximum absolute atomic E-state index is 13.3. The minimum Gasteiger partial charge on any atom is -0.322 e. The summed E-state index contributed by atoms with van der Waals surface area (Å²) in [5.41, 5.74) is 5.52. The van der Waals surface area contributed by atoms with E-state index >= 15 is 0 Å². The SMILES string of the molecule is CC=CC(=O)Nc1cc(-n2c(=O)ccc3cnc4ccc(-c5ccc(NS(C)(=O)=O)cc5)cc4c32)ccc1C. The van der Waals surface area contributed by atoms with E-state index < -0.39 is 10.0 Å². The number of nitrogens with zero attached hydrogens (tertiary/aromatic N) is 2. The number of sulfonamides is 1. The molecule has 0 atom stereocenters. The number of carbonyl (C=O) groups excluding carboxylic acids is 1. The highest BCUT2D eigenvalue weighted by molar-refractivity contribution is 7.92. The molecule has 0 spiro atoms. The van der Waals surface area contributed by atoms with Gasteiger partial charge in [0.05, 0.1) is 23.0 Å². The van der Waals surface area contributed by atoms with Crippen molar-refractivity contribution in [1.82, 2.24) is 9.55 Å². The van der Waals surface area contributed by atoms with Crippen LogP contribution >= 0.6 is 0 Å². The number of benzene rings is 3. The molecule has 0 fully saturated rings. The average Bonchev–Trinajstić information content (AvgIpc) is 2.89. The van der Waals surface area contributed by atoms with Gasteiger partial charge in [0, 0.05) is 34.4 Å². The first-order valence-corrected chi connectivity index (χ1v) is 14.1. The van der Waals surface area contributed by atoms with Crippen LogP contribution in [0, 0.1) is 6.92 Å². The molecule has 39 heavy (non-hydrogen) atoms. The standard InChI is InChI=1S/C30H26N4O4S/c1-4-5-28(35)32-27-17-24(13-6-19(27)2)34-29(36)15-10-22-18-31-26-14-9-21(16-25(26)30(22)34)20-7-11-23(12-8-20)33-39(3,37)38/h4-18,33H,1-3H3,(H,32,35). The Morgan fingerprint density at radius 3 is 2.41 bits per heavy atom. The molecule has 5 rings (SSSR count). The lowest BCUT2D eigenvalue weighted by Gasteiger charge is -2.15. The monoisotopic (exact) mass is 538 g/mol. The van der Waals surface area contributed by atoms with Gasteiger partial charge in [0.1, 0.15) is 0 Å². The van der Waals surface area contributed by atoms with E-state index in [-0.39, 0.29) is 11.5 Å². The Balaban J connectivity index is 1.68. The summed E-state index contributed by atoms with van der Waals surface area (Å²) >= 11 is 0. The molecule has 2 heterocycles. The minimum atomic E-state index is -3.38. The summed E-state index contributed by atoms with van der Waals surface area (Å²) in [6.45, 7) is 3.66. The number of rotatable bonds is 6. The van der Waals surface area contributed by atoms with Crippen LogP contribution < -0.4 is 15.6 Å². The smallest absolute Gasteiger partial charge is 0.255 e. The van der Waals surface area contributed by atoms with Gasteiger partial charge in [0.25, 0.3) is 5.56 Å². The van der Waals surface area contributed by atoms with Crippen LogP contribution in [0.15, 0.2) is 95.9 Å². The predicted octanol–water partition coefficient (Wildman–Crippen LogP) is 5.40. The van der Waals surface area contributed by atoms with Crippen LogP contribution in [0.25, 0.3) is 38.6 Å². The molecule has 0 aliphatic rings. The van der Waals surface area contributed by atoms with E-state index in [1.54, 1.807) is 48.0 Å². The molecule has 9 heteroatoms. The summed E-state index contributed by atoms with van der Waals surface area (Å²) in [4.78, 5) is 30.1. The van der Waals surface area contributed by atoms with Gasteiger partial charge in [-0.3, -0.25) is 23.9 Å². The van der Waals surface area contributed by atoms with E-state index in [0.717, 1.165) is 39.2 Å². The third-order valence-electron chi connectivity index (χ3n) is 6.29. The largest absolute Gasteiger partial charge is 0.322 e. The van der Waals surface area contributed by atoms with Gasteiger partial charge in [-0.05, 0) is 79.1 Å². The number of carbonyl (C=O) groups is 1. The number of allylic oxidation sites excluding steroid dienone is 1. The Morgan fingerprint density at radius 2 is 1.69 bits per heavy atom. The summed E-state index contributed by atoms with van der Waals surface area (Å²) in [7, 11) is -3.38. The second-order valence-electron chi connectivity index (χ2n) is 9.24. The molecule has 0 saturated carbocycles. The van der Waals surface area contributed by atoms with Crippen LogP contribution in [0.3, 0.4) is 0 Å². The second kappa shape index (κ2) is 10.2. The van der Waals surface area contributed by atoms with Gasteiger partial charge in [-0.15, -0.1) is 0 Å². The molecule has 0 radical (unpaired) electrons. The number of hydrogen-bond donors (Lipinski definition) is 2. The van der Waals surface area contributed by atoms with Crippen LogP contribution in [0.5, 0.6) is 0 Å². The molecule has 0 aliphatic heterocycles. The van der Waals surface area contributed by atoms with Gasteiger partial charge >= 0.3 is 0 Å². The molecule has 8 nitrogen and oxygen atoms in total. The predicted molar refractivity (Wildman–Crippen MR) is 157 cm³/mol. The number of amides is 1. The Bertz CT molecular complexity index is 1940. The first-order valence-electron chi connectivity index (χ1n) is 12.2. The van der Waals surface area contributed by atoms with Gasteiger partial charge in [-0.1, -0.05) is 30.3 Å². The number of aromatic nitrogens is 2. The zero-order chi connectivity index (χ0) is 27.7. The molecule has 1 amide bonds. The Hall–Kier alpha value is -4.76. The van der Waals surface area contributed by atoms with Gasteiger partial charge in [0.2, 0.25) is 15.9 Å². The minimum absolute atomic E-state index is 0.216. The zero-order valence-electron chi connectivity index (χ0n) is 21.6. The number of anilines is 2. The number of pyridine rings is 2. The third-order valence-corrected chi connectivity index (χ3v) is 6.90. The summed E-state index contributed by atoms with van der Waals surface area (Å²) in [5, 5.41) is 4.44. The van der Waals surface area contributed by atoms with Crippen molar-refractivity contribution in [3.63, 3.8) is 0 Å². The molecular formula is C30H26N4O4S. The number of aryl methyl sites for hydroxylation is 1. The molecule has 5 aromatic rings. The fourth-order valence-corrected chi connectivity index (χ4v) is 5.07. The highest BCUT2D eigenvalue weighted by atomic mass is 32.2. The third kappa shape index (κ3) is 5.44. The van der Waals surface area contributed by atoms with Crippen molar-refractivity contribution < 1.29 is 13.2 Å². The maximum Gasteiger partial charge on any atom is 0.255 e. The van der Waals surface area contributed by atoms with Crippen molar-refractivity contribution in [3.8, 4) is 16.8 Å². The van der Waals surface area contributed by atoms with E-state index in [4.69, 9.17) is 0 Å². The van der Waals surface area contributed by atoms with Gasteiger partial charge in [-0.2, -0.15) is 0 Å². The zero-order valence-corrected chi connectivity index (χ0v) is 22.4. The van der Waals surface area contributed by atoms with Crippen molar-refractivity contribution in [3.05, 3.63) is 107 Å². The first-order chi connectivity index (χ1) is 18.6. The molecule has 0 bridgehead atoms. The highest BCUT2D eigenvalue weighted by Gasteiger charge is 2.13. The molecule has 196 valence electrons. The van der Waals surface area contributed by atoms with Crippen molar-refractivity contribution in [1.29, 1.82) is 0 Å². The van der Waals surface area contributed by atoms with Crippen LogP contribution in [0.4, 0.5) is 11.4 Å². The van der Waals surface area contributed by atoms with E-state index in [0.29, 0.717) is 22.6 Å². The van der Waals surface area contributed by atoms with Crippen LogP contribution in [0.1, 0.15) is 12.5 Å². The molecular weight excluding hydrogens is 512 g/mol. The summed E-state index contributed by atoms with van der Waals surface area (Å²) in [6, 6.07) is 21.6. The van der Waals surface area contributed by atoms with Crippen molar-refractivity contribution in [2.24, 2.45) is 0 Å². The lowest BCUT2D eigenvalue weighted by Crippen LogP contribution is -2.18. The van der Waals surface area contributed by atoms with Crippen molar-refractivity contribution in [2.45, 2.75) is 13.8 Å². The fraction of sp³-hybridized carbons (Fsp3) is 0.100. The fourth-order valence-electron chi connectivity index (χ4n) is 4.50. The van der Waals surface area contributed by atoms with Crippen LogP contribution in [-0.4, -0.2) is 30.1 Å². The first kappa shape index (κ1) is 25.9. The van der Waals surface area contributed by atoms with Crippen LogP contribution in [-0.2, 0) is 14.8 Å². The molecule has 0 aliphatic carbocycles. The van der Waals surface area contributed by atoms with Crippen molar-refractivity contribution >= 4 is 49.1 Å². The van der Waals surface area contributed by atoms with E-state index in [9.17, 15) is 18.0 Å². The van der Waals surface area contributed by atoms with Crippen LogP contribution in [0.2, 0.25) is 0 Å². The highest BCUT2D eigenvalue weighted by Crippen LogP contribution is 2.31. The van der Waals surface area contributed by atoms with Crippen molar-refractivity contribution in [2.75, 3.05) is 16.3 Å². The lowest BCUT2D eigenvalue weighted by atomic mass is 10.0. The molecule has 3 aromatic carbocycles. The number of nitrogens with one attached hydrogen (secondary N) is 2. The quantitative estimate of drug-likeness (QED) is 0.222. The maximum atomic E-state index is 13.3. The average molecular weight is 539 g/mol. The Morgan fingerprint density at radius 1 is 0.949 bits per heavy atom. The number of fused-ring (bicyclic) bond motifs is 3. The van der Waals surface area contributed by atoms with Gasteiger partial charge in [-0.25, -0.2) is 8.42 Å². The van der Waals surface area contributed by atoms with Gasteiger partial charge in [0.15, 0.2) is 0 Å². The van der Waals surface area contributed by atoms with Gasteiger partial charge < -0.3 is 5.32 Å². The topological polar surface area (TPSA) is 110 Å².